The van der Waals surface area contributed by atoms with Crippen molar-refractivity contribution in [2.45, 2.75) is 19.8 Å². The number of H-pyrrole nitrogens is 1. The summed E-state index contributed by atoms with van der Waals surface area (Å²) in [6.07, 6.45) is 1.17. The molecule has 2 rings (SSSR count). The van der Waals surface area contributed by atoms with Gasteiger partial charge in [-0.2, -0.15) is 0 Å². The summed E-state index contributed by atoms with van der Waals surface area (Å²) in [6, 6.07) is 10.1. The van der Waals surface area contributed by atoms with Crippen LogP contribution in [0.4, 0.5) is 4.39 Å². The molecular formula is C14H14FNO. The lowest BCUT2D eigenvalue weighted by atomic mass is 10.1. The number of halogens is 1. The summed E-state index contributed by atoms with van der Waals surface area (Å²) >= 11 is 0. The van der Waals surface area contributed by atoms with Gasteiger partial charge in [-0.05, 0) is 29.8 Å². The average Bonchev–Trinajstić information content (AvgIpc) is 2.80. The molecule has 1 aromatic carbocycles. The first-order valence-electron chi connectivity index (χ1n) is 5.64. The van der Waals surface area contributed by atoms with Crippen molar-refractivity contribution in [1.29, 1.82) is 0 Å². The molecule has 3 heteroatoms. The molecule has 0 saturated heterocycles. The summed E-state index contributed by atoms with van der Waals surface area (Å²) in [5, 5.41) is 0. The minimum Gasteiger partial charge on any atom is -0.356 e. The van der Waals surface area contributed by atoms with Crippen molar-refractivity contribution in [1.82, 2.24) is 4.98 Å². The second-order valence-electron chi connectivity index (χ2n) is 3.98. The maximum atomic E-state index is 12.7. The molecule has 0 fully saturated rings. The highest BCUT2D eigenvalue weighted by Gasteiger charge is 2.06. The van der Waals surface area contributed by atoms with E-state index in [1.54, 1.807) is 18.2 Å². The first-order valence-corrected chi connectivity index (χ1v) is 5.64. The Labute approximate surface area is 99.5 Å². The normalized spacial score (nSPS) is 10.5. The smallest absolute Gasteiger partial charge is 0.178 e. The lowest BCUT2D eigenvalue weighted by Gasteiger charge is -1.99. The van der Waals surface area contributed by atoms with Crippen molar-refractivity contribution >= 4 is 5.78 Å². The number of nitrogens with one attached hydrogen (secondary N) is 1. The zero-order valence-corrected chi connectivity index (χ0v) is 9.66. The molecule has 0 unspecified atom stereocenters. The van der Waals surface area contributed by atoms with Crippen molar-refractivity contribution in [3.8, 4) is 0 Å². The van der Waals surface area contributed by atoms with Gasteiger partial charge in [0, 0.05) is 18.5 Å². The molecule has 0 atom stereocenters. The summed E-state index contributed by atoms with van der Waals surface area (Å²) in [7, 11) is 0. The lowest BCUT2D eigenvalue weighted by molar-refractivity contribution is 0.0984. The predicted molar refractivity (Wildman–Crippen MR) is 64.6 cm³/mol. The van der Waals surface area contributed by atoms with Crippen molar-refractivity contribution in [3.05, 3.63) is 59.2 Å². The monoisotopic (exact) mass is 231 g/mol. The van der Waals surface area contributed by atoms with Crippen LogP contribution in [-0.2, 0) is 6.42 Å². The summed E-state index contributed by atoms with van der Waals surface area (Å²) < 4.78 is 12.7. The molecule has 0 aliphatic rings. The molecular weight excluding hydrogens is 217 g/mol. The molecule has 0 aliphatic heterocycles. The van der Waals surface area contributed by atoms with Gasteiger partial charge >= 0.3 is 0 Å². The predicted octanol–water partition coefficient (Wildman–Crippen LogP) is 3.34. The van der Waals surface area contributed by atoms with Gasteiger partial charge in [-0.1, -0.05) is 19.1 Å². The van der Waals surface area contributed by atoms with E-state index >= 15 is 0 Å². The molecule has 2 nitrogen and oxygen atoms in total. The molecule has 0 aliphatic carbocycles. The van der Waals surface area contributed by atoms with Gasteiger partial charge in [0.2, 0.25) is 0 Å². The Morgan fingerprint density at radius 2 is 1.88 bits per heavy atom. The third-order valence-corrected chi connectivity index (χ3v) is 2.68. The number of hydrogen-bond acceptors (Lipinski definition) is 1. The van der Waals surface area contributed by atoms with Crippen LogP contribution in [-0.4, -0.2) is 10.8 Å². The standard InChI is InChI=1S/C14H14FNO/c1-2-14(17)13-8-7-12(16-13)9-10-3-5-11(15)6-4-10/h3-8,16H,2,9H2,1H3. The Bertz CT molecular complexity index is 513. The van der Waals surface area contributed by atoms with Crippen LogP contribution < -0.4 is 0 Å². The molecule has 0 amide bonds. The Morgan fingerprint density at radius 3 is 2.53 bits per heavy atom. The molecule has 0 radical (unpaired) electrons. The number of aromatic nitrogens is 1. The molecule has 1 aromatic heterocycles. The zero-order chi connectivity index (χ0) is 12.3. The Balaban J connectivity index is 2.11. The number of benzene rings is 1. The van der Waals surface area contributed by atoms with Crippen LogP contribution in [0.2, 0.25) is 0 Å². The Kier molecular flexibility index (Phi) is 3.38. The van der Waals surface area contributed by atoms with E-state index in [9.17, 15) is 9.18 Å². The van der Waals surface area contributed by atoms with E-state index in [-0.39, 0.29) is 11.6 Å². The van der Waals surface area contributed by atoms with Crippen LogP contribution in [0.3, 0.4) is 0 Å². The van der Waals surface area contributed by atoms with Gasteiger partial charge in [0.25, 0.3) is 0 Å². The van der Waals surface area contributed by atoms with Crippen LogP contribution in [0.5, 0.6) is 0 Å². The Morgan fingerprint density at radius 1 is 1.18 bits per heavy atom. The summed E-state index contributed by atoms with van der Waals surface area (Å²) in [5.74, 6) is -0.127. The number of carbonyl (C=O) groups excluding carboxylic acids is 1. The number of hydrogen-bond donors (Lipinski definition) is 1. The lowest BCUT2D eigenvalue weighted by Crippen LogP contribution is -1.97. The SMILES string of the molecule is CCC(=O)c1ccc(Cc2ccc(F)cc2)[nH]1. The van der Waals surface area contributed by atoms with Crippen molar-refractivity contribution in [3.63, 3.8) is 0 Å². The second-order valence-corrected chi connectivity index (χ2v) is 3.98. The van der Waals surface area contributed by atoms with Gasteiger partial charge in [0.1, 0.15) is 5.82 Å². The van der Waals surface area contributed by atoms with E-state index in [0.29, 0.717) is 18.5 Å². The fourth-order valence-corrected chi connectivity index (χ4v) is 1.72. The first-order chi connectivity index (χ1) is 8.19. The molecule has 0 bridgehead atoms. The van der Waals surface area contributed by atoms with E-state index in [0.717, 1.165) is 11.3 Å². The average molecular weight is 231 g/mol. The van der Waals surface area contributed by atoms with Crippen LogP contribution in [0.25, 0.3) is 0 Å². The van der Waals surface area contributed by atoms with E-state index in [4.69, 9.17) is 0 Å². The van der Waals surface area contributed by atoms with E-state index in [1.807, 2.05) is 13.0 Å². The number of Topliss-reactive ketones (excluding diaryl/α,β-unsaturated/α-hetero) is 1. The number of ketones is 1. The van der Waals surface area contributed by atoms with Crippen LogP contribution >= 0.6 is 0 Å². The van der Waals surface area contributed by atoms with Crippen molar-refractivity contribution < 1.29 is 9.18 Å². The Hall–Kier alpha value is -1.90. The first kappa shape index (κ1) is 11.6. The fraction of sp³-hybridized carbons (Fsp3) is 0.214. The van der Waals surface area contributed by atoms with Gasteiger partial charge < -0.3 is 4.98 Å². The summed E-state index contributed by atoms with van der Waals surface area (Å²) in [5.41, 5.74) is 2.63. The largest absolute Gasteiger partial charge is 0.356 e. The van der Waals surface area contributed by atoms with Gasteiger partial charge in [-0.15, -0.1) is 0 Å². The second kappa shape index (κ2) is 4.95. The zero-order valence-electron chi connectivity index (χ0n) is 9.66. The number of rotatable bonds is 4. The maximum absolute atomic E-state index is 12.7. The van der Waals surface area contributed by atoms with E-state index in [2.05, 4.69) is 4.98 Å². The third kappa shape index (κ3) is 2.81. The van der Waals surface area contributed by atoms with E-state index in [1.165, 1.54) is 12.1 Å². The van der Waals surface area contributed by atoms with Crippen molar-refractivity contribution in [2.24, 2.45) is 0 Å². The molecule has 0 saturated carbocycles. The molecule has 17 heavy (non-hydrogen) atoms. The van der Waals surface area contributed by atoms with Gasteiger partial charge in [-0.25, -0.2) is 4.39 Å². The number of carbonyl (C=O) groups is 1. The maximum Gasteiger partial charge on any atom is 0.178 e. The summed E-state index contributed by atoms with van der Waals surface area (Å²) in [4.78, 5) is 14.5. The van der Waals surface area contributed by atoms with Gasteiger partial charge in [-0.3, -0.25) is 4.79 Å². The molecule has 1 N–H and O–H groups in total. The minimum absolute atomic E-state index is 0.107. The van der Waals surface area contributed by atoms with Crippen LogP contribution in [0.15, 0.2) is 36.4 Å². The molecule has 1 heterocycles. The van der Waals surface area contributed by atoms with Crippen molar-refractivity contribution in [2.75, 3.05) is 0 Å². The van der Waals surface area contributed by atoms with Gasteiger partial charge in [0.05, 0.1) is 5.69 Å². The van der Waals surface area contributed by atoms with Gasteiger partial charge in [0.15, 0.2) is 5.78 Å². The molecule has 2 aromatic rings. The molecule has 88 valence electrons. The topological polar surface area (TPSA) is 32.9 Å². The fourth-order valence-electron chi connectivity index (χ4n) is 1.72. The highest BCUT2D eigenvalue weighted by molar-refractivity contribution is 5.94. The molecule has 0 spiro atoms. The third-order valence-electron chi connectivity index (χ3n) is 2.68. The summed E-state index contributed by atoms with van der Waals surface area (Å²) in [6.45, 7) is 1.84. The highest BCUT2D eigenvalue weighted by atomic mass is 19.1. The number of aromatic amines is 1. The quantitative estimate of drug-likeness (QED) is 0.804. The van der Waals surface area contributed by atoms with E-state index < -0.39 is 0 Å². The highest BCUT2D eigenvalue weighted by Crippen LogP contribution is 2.11. The minimum atomic E-state index is -0.234. The van der Waals surface area contributed by atoms with Crippen LogP contribution in [0.1, 0.15) is 35.1 Å². The van der Waals surface area contributed by atoms with Crippen LogP contribution in [0, 0.1) is 5.82 Å².